The third kappa shape index (κ3) is 3.04. The van der Waals surface area contributed by atoms with Crippen molar-refractivity contribution in [3.05, 3.63) is 71.9 Å². The van der Waals surface area contributed by atoms with Crippen LogP contribution in [-0.4, -0.2) is 19.1 Å². The first-order valence-corrected chi connectivity index (χ1v) is 6.86. The summed E-state index contributed by atoms with van der Waals surface area (Å²) < 4.78 is 0. The van der Waals surface area contributed by atoms with Crippen LogP contribution in [0.1, 0.15) is 11.1 Å². The van der Waals surface area contributed by atoms with Crippen LogP contribution in [0.2, 0.25) is 0 Å². The molecular weight excluding hydrogens is 256 g/mol. The van der Waals surface area contributed by atoms with Gasteiger partial charge in [-0.15, -0.1) is 0 Å². The van der Waals surface area contributed by atoms with E-state index in [1.807, 2.05) is 50.6 Å². The second-order valence-electron chi connectivity index (χ2n) is 5.11. The lowest BCUT2D eigenvalue weighted by molar-refractivity contribution is 1.13. The van der Waals surface area contributed by atoms with Gasteiger partial charge in [0.05, 0.1) is 5.52 Å². The zero-order valence-electron chi connectivity index (χ0n) is 12.2. The first-order chi connectivity index (χ1) is 10.2. The first-order valence-electron chi connectivity index (χ1n) is 6.86. The molecule has 0 saturated heterocycles. The molecule has 1 heterocycles. The molecular formula is C19H16N2. The molecule has 0 aliphatic rings. The number of hydrogen-bond acceptors (Lipinski definition) is 2. The van der Waals surface area contributed by atoms with Crippen LogP contribution in [0, 0.1) is 11.8 Å². The van der Waals surface area contributed by atoms with Crippen molar-refractivity contribution in [2.75, 3.05) is 19.0 Å². The second-order valence-corrected chi connectivity index (χ2v) is 5.11. The summed E-state index contributed by atoms with van der Waals surface area (Å²) in [5.41, 5.74) is 4.12. The van der Waals surface area contributed by atoms with Gasteiger partial charge in [0.2, 0.25) is 0 Å². The standard InChI is InChI=1S/C19H16N2/c1-21(2)18-11-9-15(10-12-18)7-8-16-13-17-5-3-4-6-19(17)20-14-16/h3-6,9-14H,1-2H3. The highest BCUT2D eigenvalue weighted by Gasteiger charge is 1.95. The minimum atomic E-state index is 0.936. The van der Waals surface area contributed by atoms with Gasteiger partial charge >= 0.3 is 0 Å². The number of fused-ring (bicyclic) bond motifs is 1. The van der Waals surface area contributed by atoms with Gasteiger partial charge in [0.25, 0.3) is 0 Å². The molecule has 0 bridgehead atoms. The molecule has 0 atom stereocenters. The highest BCUT2D eigenvalue weighted by Crippen LogP contribution is 2.13. The molecule has 0 aliphatic carbocycles. The van der Waals surface area contributed by atoms with Gasteiger partial charge in [0, 0.05) is 42.5 Å². The van der Waals surface area contributed by atoms with Gasteiger partial charge in [-0.05, 0) is 36.4 Å². The Kier molecular flexibility index (Phi) is 3.57. The van der Waals surface area contributed by atoms with Crippen LogP contribution in [0.5, 0.6) is 0 Å². The van der Waals surface area contributed by atoms with Crippen molar-refractivity contribution < 1.29 is 0 Å². The van der Waals surface area contributed by atoms with Gasteiger partial charge in [0.15, 0.2) is 0 Å². The Hall–Kier alpha value is -2.79. The van der Waals surface area contributed by atoms with Gasteiger partial charge in [-0.3, -0.25) is 4.98 Å². The van der Waals surface area contributed by atoms with Gasteiger partial charge in [-0.1, -0.05) is 30.0 Å². The Balaban J connectivity index is 1.88. The molecule has 0 aliphatic heterocycles. The van der Waals surface area contributed by atoms with Crippen molar-refractivity contribution >= 4 is 16.6 Å². The quantitative estimate of drug-likeness (QED) is 0.628. The molecule has 0 spiro atoms. The number of pyridine rings is 1. The summed E-state index contributed by atoms with van der Waals surface area (Å²) in [5.74, 6) is 6.36. The molecule has 2 heteroatoms. The predicted molar refractivity (Wildman–Crippen MR) is 88.5 cm³/mol. The molecule has 0 fully saturated rings. The second kappa shape index (κ2) is 5.68. The van der Waals surface area contributed by atoms with Gasteiger partial charge in [0.1, 0.15) is 0 Å². The normalized spacial score (nSPS) is 10.0. The van der Waals surface area contributed by atoms with E-state index in [2.05, 4.69) is 46.0 Å². The lowest BCUT2D eigenvalue weighted by Crippen LogP contribution is -2.07. The molecule has 2 nitrogen and oxygen atoms in total. The number of para-hydroxylation sites is 1. The van der Waals surface area contributed by atoms with Gasteiger partial charge < -0.3 is 4.90 Å². The van der Waals surface area contributed by atoms with E-state index in [-0.39, 0.29) is 0 Å². The lowest BCUT2D eigenvalue weighted by Gasteiger charge is -2.11. The Morgan fingerprint density at radius 1 is 0.857 bits per heavy atom. The van der Waals surface area contributed by atoms with E-state index in [9.17, 15) is 0 Å². The van der Waals surface area contributed by atoms with Crippen LogP contribution < -0.4 is 4.90 Å². The third-order valence-electron chi connectivity index (χ3n) is 3.33. The van der Waals surface area contributed by atoms with Crippen LogP contribution in [0.3, 0.4) is 0 Å². The number of aromatic nitrogens is 1. The summed E-state index contributed by atoms with van der Waals surface area (Å²) in [6.07, 6.45) is 1.82. The van der Waals surface area contributed by atoms with Gasteiger partial charge in [-0.2, -0.15) is 0 Å². The number of anilines is 1. The highest BCUT2D eigenvalue weighted by molar-refractivity contribution is 5.79. The molecule has 102 valence electrons. The van der Waals surface area contributed by atoms with Gasteiger partial charge in [-0.25, -0.2) is 0 Å². The summed E-state index contributed by atoms with van der Waals surface area (Å²) in [7, 11) is 4.06. The average Bonchev–Trinajstić information content (AvgIpc) is 2.53. The Labute approximate surface area is 125 Å². The molecule has 0 radical (unpaired) electrons. The Bertz CT molecular complexity index is 821. The summed E-state index contributed by atoms with van der Waals surface area (Å²) in [6.45, 7) is 0. The third-order valence-corrected chi connectivity index (χ3v) is 3.33. The van der Waals surface area contributed by atoms with Crippen LogP contribution >= 0.6 is 0 Å². The monoisotopic (exact) mass is 272 g/mol. The van der Waals surface area contributed by atoms with E-state index < -0.39 is 0 Å². The maximum atomic E-state index is 4.42. The minimum Gasteiger partial charge on any atom is -0.378 e. The van der Waals surface area contributed by atoms with Crippen LogP contribution in [0.4, 0.5) is 5.69 Å². The van der Waals surface area contributed by atoms with Crippen molar-refractivity contribution in [3.63, 3.8) is 0 Å². The molecule has 3 aromatic rings. The first kappa shape index (κ1) is 13.2. The fourth-order valence-corrected chi connectivity index (χ4v) is 2.13. The zero-order valence-corrected chi connectivity index (χ0v) is 12.2. The topological polar surface area (TPSA) is 16.1 Å². The molecule has 0 N–H and O–H groups in total. The summed E-state index contributed by atoms with van der Waals surface area (Å²) in [5, 5.41) is 1.12. The van der Waals surface area contributed by atoms with E-state index in [1.54, 1.807) is 0 Å². The van der Waals surface area contributed by atoms with E-state index in [4.69, 9.17) is 0 Å². The summed E-state index contributed by atoms with van der Waals surface area (Å²) in [4.78, 5) is 6.50. The van der Waals surface area contributed by atoms with E-state index in [0.717, 1.165) is 22.0 Å². The van der Waals surface area contributed by atoms with Crippen molar-refractivity contribution in [3.8, 4) is 11.8 Å². The van der Waals surface area contributed by atoms with Crippen molar-refractivity contribution in [1.29, 1.82) is 0 Å². The maximum absolute atomic E-state index is 4.42. The minimum absolute atomic E-state index is 0.936. The predicted octanol–water partition coefficient (Wildman–Crippen LogP) is 3.70. The number of rotatable bonds is 1. The molecule has 2 aromatic carbocycles. The summed E-state index contributed by atoms with van der Waals surface area (Å²) in [6, 6.07) is 18.4. The average molecular weight is 272 g/mol. The Morgan fingerprint density at radius 2 is 1.57 bits per heavy atom. The van der Waals surface area contributed by atoms with E-state index in [1.165, 1.54) is 5.69 Å². The van der Waals surface area contributed by atoms with E-state index in [0.29, 0.717) is 0 Å². The SMILES string of the molecule is CN(C)c1ccc(C#Cc2cnc3ccccc3c2)cc1. The molecule has 21 heavy (non-hydrogen) atoms. The molecule has 0 saturated carbocycles. The van der Waals surface area contributed by atoms with E-state index >= 15 is 0 Å². The molecule has 3 rings (SSSR count). The van der Waals surface area contributed by atoms with Crippen LogP contribution in [-0.2, 0) is 0 Å². The fourth-order valence-electron chi connectivity index (χ4n) is 2.13. The lowest BCUT2D eigenvalue weighted by atomic mass is 10.1. The van der Waals surface area contributed by atoms with Crippen LogP contribution in [0.25, 0.3) is 10.9 Å². The Morgan fingerprint density at radius 3 is 2.33 bits per heavy atom. The largest absolute Gasteiger partial charge is 0.378 e. The zero-order chi connectivity index (χ0) is 14.7. The number of hydrogen-bond donors (Lipinski definition) is 0. The summed E-state index contributed by atoms with van der Waals surface area (Å²) >= 11 is 0. The number of nitrogens with zero attached hydrogens (tertiary/aromatic N) is 2. The smallest absolute Gasteiger partial charge is 0.0702 e. The van der Waals surface area contributed by atoms with Crippen molar-refractivity contribution in [2.24, 2.45) is 0 Å². The van der Waals surface area contributed by atoms with Crippen molar-refractivity contribution in [2.45, 2.75) is 0 Å². The fraction of sp³-hybridized carbons (Fsp3) is 0.105. The highest BCUT2D eigenvalue weighted by atomic mass is 15.1. The molecule has 0 amide bonds. The molecule has 1 aromatic heterocycles. The van der Waals surface area contributed by atoms with Crippen LogP contribution in [0.15, 0.2) is 60.8 Å². The maximum Gasteiger partial charge on any atom is 0.0702 e. The number of benzene rings is 2. The van der Waals surface area contributed by atoms with Crippen molar-refractivity contribution in [1.82, 2.24) is 4.98 Å². The molecule has 0 unspecified atom stereocenters.